The summed E-state index contributed by atoms with van der Waals surface area (Å²) in [4.78, 5) is 0. The lowest BCUT2D eigenvalue weighted by Gasteiger charge is -2.05. The molecule has 0 spiro atoms. The average Bonchev–Trinajstić information content (AvgIpc) is 2.36. The first kappa shape index (κ1) is 12.7. The van der Waals surface area contributed by atoms with E-state index in [0.29, 0.717) is 4.47 Å². The molecule has 0 aliphatic heterocycles. The molecule has 0 nitrogen and oxygen atoms in total. The van der Waals surface area contributed by atoms with E-state index < -0.39 is 0 Å². The predicted molar refractivity (Wildman–Crippen MR) is 75.5 cm³/mol. The summed E-state index contributed by atoms with van der Waals surface area (Å²) in [6.45, 7) is 0. The van der Waals surface area contributed by atoms with Gasteiger partial charge in [0.2, 0.25) is 0 Å². The predicted octanol–water partition coefficient (Wildman–Crippen LogP) is 5.02. The van der Waals surface area contributed by atoms with E-state index in [1.54, 1.807) is 17.8 Å². The molecule has 0 heterocycles. The van der Waals surface area contributed by atoms with Crippen molar-refractivity contribution in [1.29, 1.82) is 0 Å². The molecule has 0 unspecified atom stereocenters. The monoisotopic (exact) mass is 310 g/mol. The van der Waals surface area contributed by atoms with E-state index in [-0.39, 0.29) is 5.82 Å². The standard InChI is InChI=1S/C14H12BrFS/c15-14-12(7-4-8-13(14)16)10-17-9-11-5-2-1-3-6-11/h1-8H,9-10H2. The van der Waals surface area contributed by atoms with Crippen LogP contribution in [0, 0.1) is 5.82 Å². The number of benzene rings is 2. The highest BCUT2D eigenvalue weighted by molar-refractivity contribution is 9.10. The summed E-state index contributed by atoms with van der Waals surface area (Å²) in [5.74, 6) is 1.57. The summed E-state index contributed by atoms with van der Waals surface area (Å²) in [5, 5.41) is 0. The number of hydrogen-bond donors (Lipinski definition) is 0. The lowest BCUT2D eigenvalue weighted by Crippen LogP contribution is -1.87. The van der Waals surface area contributed by atoms with Crippen LogP contribution in [0.4, 0.5) is 4.39 Å². The normalized spacial score (nSPS) is 10.5. The van der Waals surface area contributed by atoms with Crippen LogP contribution >= 0.6 is 27.7 Å². The summed E-state index contributed by atoms with van der Waals surface area (Å²) in [6, 6.07) is 15.5. The molecule has 88 valence electrons. The molecule has 0 aromatic heterocycles. The molecule has 0 bridgehead atoms. The largest absolute Gasteiger partial charge is 0.206 e. The highest BCUT2D eigenvalue weighted by Gasteiger charge is 2.04. The number of halogens is 2. The molecular weight excluding hydrogens is 299 g/mol. The van der Waals surface area contributed by atoms with Crippen molar-refractivity contribution in [3.05, 3.63) is 69.9 Å². The van der Waals surface area contributed by atoms with Crippen LogP contribution in [-0.2, 0) is 11.5 Å². The molecule has 17 heavy (non-hydrogen) atoms. The molecule has 0 N–H and O–H groups in total. The van der Waals surface area contributed by atoms with Gasteiger partial charge < -0.3 is 0 Å². The van der Waals surface area contributed by atoms with Crippen LogP contribution in [-0.4, -0.2) is 0 Å². The smallest absolute Gasteiger partial charge is 0.137 e. The average molecular weight is 311 g/mol. The number of thioether (sulfide) groups is 1. The molecule has 0 atom stereocenters. The third-order valence-corrected chi connectivity index (χ3v) is 4.34. The fourth-order valence-electron chi connectivity index (χ4n) is 1.51. The van der Waals surface area contributed by atoms with Gasteiger partial charge in [-0.15, -0.1) is 0 Å². The Balaban J connectivity index is 1.93. The van der Waals surface area contributed by atoms with Crippen LogP contribution in [0.2, 0.25) is 0 Å². The first-order valence-corrected chi connectivity index (χ1v) is 7.26. The van der Waals surface area contributed by atoms with E-state index >= 15 is 0 Å². The van der Waals surface area contributed by atoms with Crippen LogP contribution < -0.4 is 0 Å². The van der Waals surface area contributed by atoms with Crippen molar-refractivity contribution in [2.24, 2.45) is 0 Å². The van der Waals surface area contributed by atoms with Crippen molar-refractivity contribution in [2.45, 2.75) is 11.5 Å². The Hall–Kier alpha value is -0.800. The van der Waals surface area contributed by atoms with Crippen LogP contribution in [0.25, 0.3) is 0 Å². The van der Waals surface area contributed by atoms with Gasteiger partial charge in [-0.3, -0.25) is 0 Å². The minimum absolute atomic E-state index is 0.192. The zero-order valence-corrected chi connectivity index (χ0v) is 11.6. The Morgan fingerprint density at radius 1 is 0.941 bits per heavy atom. The van der Waals surface area contributed by atoms with Crippen molar-refractivity contribution in [3.63, 3.8) is 0 Å². The quantitative estimate of drug-likeness (QED) is 0.764. The van der Waals surface area contributed by atoms with Gasteiger partial charge in [-0.1, -0.05) is 42.5 Å². The fraction of sp³-hybridized carbons (Fsp3) is 0.143. The minimum Gasteiger partial charge on any atom is -0.206 e. The number of hydrogen-bond acceptors (Lipinski definition) is 1. The lowest BCUT2D eigenvalue weighted by atomic mass is 10.2. The second kappa shape index (κ2) is 6.22. The van der Waals surface area contributed by atoms with Gasteiger partial charge in [0.25, 0.3) is 0 Å². The maximum Gasteiger partial charge on any atom is 0.137 e. The molecule has 0 radical (unpaired) electrons. The molecule has 0 fully saturated rings. The van der Waals surface area contributed by atoms with E-state index in [4.69, 9.17) is 0 Å². The van der Waals surface area contributed by atoms with Crippen molar-refractivity contribution >= 4 is 27.7 Å². The van der Waals surface area contributed by atoms with Gasteiger partial charge in [-0.25, -0.2) is 4.39 Å². The molecule has 0 saturated heterocycles. The van der Waals surface area contributed by atoms with E-state index in [0.717, 1.165) is 17.1 Å². The zero-order valence-electron chi connectivity index (χ0n) is 9.20. The molecule has 2 rings (SSSR count). The molecule has 3 heteroatoms. The third kappa shape index (κ3) is 3.58. The lowest BCUT2D eigenvalue weighted by molar-refractivity contribution is 0.619. The van der Waals surface area contributed by atoms with E-state index in [2.05, 4.69) is 28.1 Å². The van der Waals surface area contributed by atoms with E-state index in [1.807, 2.05) is 24.3 Å². The zero-order chi connectivity index (χ0) is 12.1. The van der Waals surface area contributed by atoms with E-state index in [1.165, 1.54) is 11.6 Å². The van der Waals surface area contributed by atoms with Gasteiger partial charge in [0, 0.05) is 11.5 Å². The Labute approximate surface area is 113 Å². The van der Waals surface area contributed by atoms with Crippen molar-refractivity contribution in [3.8, 4) is 0 Å². The van der Waals surface area contributed by atoms with Crippen LogP contribution in [0.1, 0.15) is 11.1 Å². The maximum atomic E-state index is 13.3. The summed E-state index contributed by atoms with van der Waals surface area (Å²) < 4.78 is 13.9. The van der Waals surface area contributed by atoms with E-state index in [9.17, 15) is 4.39 Å². The van der Waals surface area contributed by atoms with Gasteiger partial charge in [-0.05, 0) is 33.1 Å². The Morgan fingerprint density at radius 2 is 1.71 bits per heavy atom. The van der Waals surface area contributed by atoms with Crippen molar-refractivity contribution < 1.29 is 4.39 Å². The Morgan fingerprint density at radius 3 is 2.47 bits per heavy atom. The fourth-order valence-corrected chi connectivity index (χ4v) is 3.09. The van der Waals surface area contributed by atoms with Gasteiger partial charge in [-0.2, -0.15) is 11.8 Å². The number of rotatable bonds is 4. The summed E-state index contributed by atoms with van der Waals surface area (Å²) >= 11 is 5.06. The molecule has 0 amide bonds. The molecule has 0 aliphatic rings. The van der Waals surface area contributed by atoms with Crippen LogP contribution in [0.5, 0.6) is 0 Å². The third-order valence-electron chi connectivity index (χ3n) is 2.40. The first-order chi connectivity index (χ1) is 8.27. The second-order valence-corrected chi connectivity index (χ2v) is 5.47. The summed E-state index contributed by atoms with van der Waals surface area (Å²) in [6.07, 6.45) is 0. The van der Waals surface area contributed by atoms with Gasteiger partial charge in [0.15, 0.2) is 0 Å². The van der Waals surface area contributed by atoms with Crippen molar-refractivity contribution in [1.82, 2.24) is 0 Å². The Kier molecular flexibility index (Phi) is 4.63. The molecular formula is C14H12BrFS. The van der Waals surface area contributed by atoms with Crippen LogP contribution in [0.3, 0.4) is 0 Å². The molecule has 2 aromatic carbocycles. The molecule has 0 aliphatic carbocycles. The summed E-state index contributed by atoms with van der Waals surface area (Å²) in [5.41, 5.74) is 2.30. The van der Waals surface area contributed by atoms with Gasteiger partial charge in [0.1, 0.15) is 5.82 Å². The van der Waals surface area contributed by atoms with Gasteiger partial charge >= 0.3 is 0 Å². The Bertz CT molecular complexity index is 485. The maximum absolute atomic E-state index is 13.3. The van der Waals surface area contributed by atoms with Crippen LogP contribution in [0.15, 0.2) is 53.0 Å². The topological polar surface area (TPSA) is 0 Å². The second-order valence-electron chi connectivity index (χ2n) is 3.69. The highest BCUT2D eigenvalue weighted by Crippen LogP contribution is 2.25. The SMILES string of the molecule is Fc1cccc(CSCc2ccccc2)c1Br. The highest BCUT2D eigenvalue weighted by atomic mass is 79.9. The minimum atomic E-state index is -0.192. The molecule has 2 aromatic rings. The molecule has 0 saturated carbocycles. The van der Waals surface area contributed by atoms with Gasteiger partial charge in [0.05, 0.1) is 4.47 Å². The summed E-state index contributed by atoms with van der Waals surface area (Å²) in [7, 11) is 0. The van der Waals surface area contributed by atoms with Crippen molar-refractivity contribution in [2.75, 3.05) is 0 Å². The first-order valence-electron chi connectivity index (χ1n) is 5.32.